The molecule has 6 heteroatoms. The minimum Gasteiger partial charge on any atom is -0.504 e. The number of amides is 1. The van der Waals surface area contributed by atoms with Crippen molar-refractivity contribution in [3.05, 3.63) is 48.0 Å². The standard InChI is InChI=1S/C15H16N2O3S/c16-14(19)9-21-13-7-2-1-5-11(13)17-8-10-4-3-6-12(18)15(10)20/h1-7,17-18,20H,8-9H2,(H2,16,19). The molecule has 5 nitrogen and oxygen atoms in total. The van der Waals surface area contributed by atoms with Gasteiger partial charge in [0.05, 0.1) is 5.75 Å². The number of hydrogen-bond donors (Lipinski definition) is 4. The number of benzene rings is 2. The Labute approximate surface area is 126 Å². The van der Waals surface area contributed by atoms with E-state index < -0.39 is 0 Å². The summed E-state index contributed by atoms with van der Waals surface area (Å²) in [5.41, 5.74) is 6.58. The number of aromatic hydroxyl groups is 2. The van der Waals surface area contributed by atoms with Crippen molar-refractivity contribution >= 4 is 23.4 Å². The fraction of sp³-hybridized carbons (Fsp3) is 0.133. The molecule has 0 saturated carbocycles. The topological polar surface area (TPSA) is 95.6 Å². The third-order valence-corrected chi connectivity index (χ3v) is 3.92. The highest BCUT2D eigenvalue weighted by Crippen LogP contribution is 2.31. The molecule has 0 bridgehead atoms. The van der Waals surface area contributed by atoms with Crippen molar-refractivity contribution in [1.82, 2.24) is 0 Å². The Morgan fingerprint density at radius 3 is 2.67 bits per heavy atom. The first-order valence-electron chi connectivity index (χ1n) is 6.31. The molecule has 0 aliphatic rings. The Balaban J connectivity index is 2.09. The van der Waals surface area contributed by atoms with Crippen molar-refractivity contribution in [2.24, 2.45) is 5.73 Å². The Morgan fingerprint density at radius 2 is 1.90 bits per heavy atom. The van der Waals surface area contributed by atoms with Gasteiger partial charge in [0.1, 0.15) is 0 Å². The number of phenolic OH excluding ortho intramolecular Hbond substituents is 2. The van der Waals surface area contributed by atoms with Crippen molar-refractivity contribution in [3.63, 3.8) is 0 Å². The van der Waals surface area contributed by atoms with E-state index in [-0.39, 0.29) is 23.2 Å². The SMILES string of the molecule is NC(=O)CSc1ccccc1NCc1cccc(O)c1O. The van der Waals surface area contributed by atoms with Gasteiger partial charge in [-0.25, -0.2) is 0 Å². The quantitative estimate of drug-likeness (QED) is 0.485. The summed E-state index contributed by atoms with van der Waals surface area (Å²) < 4.78 is 0. The molecule has 0 spiro atoms. The zero-order valence-electron chi connectivity index (χ0n) is 11.2. The van der Waals surface area contributed by atoms with Crippen molar-refractivity contribution in [1.29, 1.82) is 0 Å². The first-order valence-corrected chi connectivity index (χ1v) is 7.30. The average molecular weight is 304 g/mol. The molecular formula is C15H16N2O3S. The molecule has 2 rings (SSSR count). The van der Waals surface area contributed by atoms with Gasteiger partial charge >= 0.3 is 0 Å². The predicted octanol–water partition coefficient (Wildman–Crippen LogP) is 2.29. The molecule has 0 atom stereocenters. The fourth-order valence-corrected chi connectivity index (χ4v) is 2.57. The first-order chi connectivity index (χ1) is 10.1. The number of hydrogen-bond acceptors (Lipinski definition) is 5. The van der Waals surface area contributed by atoms with Gasteiger partial charge in [0.15, 0.2) is 11.5 Å². The average Bonchev–Trinajstić information content (AvgIpc) is 2.47. The van der Waals surface area contributed by atoms with Gasteiger partial charge in [-0.05, 0) is 18.2 Å². The van der Waals surface area contributed by atoms with Gasteiger partial charge in [-0.2, -0.15) is 0 Å². The summed E-state index contributed by atoms with van der Waals surface area (Å²) in [7, 11) is 0. The second kappa shape index (κ2) is 6.90. The summed E-state index contributed by atoms with van der Waals surface area (Å²) in [6.45, 7) is 0.356. The normalized spacial score (nSPS) is 10.3. The van der Waals surface area contributed by atoms with Gasteiger partial charge in [-0.3, -0.25) is 4.79 Å². The maximum absolute atomic E-state index is 10.9. The van der Waals surface area contributed by atoms with Crippen LogP contribution >= 0.6 is 11.8 Å². The lowest BCUT2D eigenvalue weighted by molar-refractivity contribution is -0.115. The summed E-state index contributed by atoms with van der Waals surface area (Å²) in [5, 5.41) is 22.4. The second-order valence-corrected chi connectivity index (χ2v) is 5.41. The van der Waals surface area contributed by atoms with Crippen LogP contribution in [0.2, 0.25) is 0 Å². The Morgan fingerprint density at radius 1 is 1.14 bits per heavy atom. The summed E-state index contributed by atoms with van der Waals surface area (Å²) in [6, 6.07) is 12.3. The number of primary amides is 1. The molecule has 5 N–H and O–H groups in total. The van der Waals surface area contributed by atoms with Gasteiger partial charge in [0.2, 0.25) is 5.91 Å². The molecule has 0 aliphatic heterocycles. The number of nitrogens with one attached hydrogen (secondary N) is 1. The van der Waals surface area contributed by atoms with Gasteiger partial charge in [-0.15, -0.1) is 11.8 Å². The summed E-state index contributed by atoms with van der Waals surface area (Å²) in [5.74, 6) is -0.450. The summed E-state index contributed by atoms with van der Waals surface area (Å²) in [4.78, 5) is 11.8. The molecule has 1 amide bonds. The molecule has 0 radical (unpaired) electrons. The highest BCUT2D eigenvalue weighted by Gasteiger charge is 2.08. The van der Waals surface area contributed by atoms with Gasteiger partial charge in [0, 0.05) is 22.7 Å². The van der Waals surface area contributed by atoms with Gasteiger partial charge < -0.3 is 21.3 Å². The number of anilines is 1. The first kappa shape index (κ1) is 15.1. The van der Waals surface area contributed by atoms with E-state index in [9.17, 15) is 15.0 Å². The Hall–Kier alpha value is -2.34. The van der Waals surface area contributed by atoms with Crippen LogP contribution in [-0.4, -0.2) is 21.9 Å². The lowest BCUT2D eigenvalue weighted by Gasteiger charge is -2.12. The molecule has 0 fully saturated rings. The lowest BCUT2D eigenvalue weighted by atomic mass is 10.2. The molecule has 0 unspecified atom stereocenters. The number of rotatable bonds is 6. The maximum Gasteiger partial charge on any atom is 0.227 e. The molecule has 2 aromatic carbocycles. The molecular weight excluding hydrogens is 288 g/mol. The number of nitrogens with two attached hydrogens (primary N) is 1. The largest absolute Gasteiger partial charge is 0.504 e. The van der Waals surface area contributed by atoms with Crippen LogP contribution in [0.25, 0.3) is 0 Å². The minimum atomic E-state index is -0.375. The highest BCUT2D eigenvalue weighted by molar-refractivity contribution is 8.00. The van der Waals surface area contributed by atoms with Crippen LogP contribution in [0.4, 0.5) is 5.69 Å². The van der Waals surface area contributed by atoms with Crippen molar-refractivity contribution in [3.8, 4) is 11.5 Å². The van der Waals surface area contributed by atoms with Crippen LogP contribution < -0.4 is 11.1 Å². The van der Waals surface area contributed by atoms with E-state index in [1.807, 2.05) is 24.3 Å². The van der Waals surface area contributed by atoms with E-state index in [4.69, 9.17) is 5.73 Å². The van der Waals surface area contributed by atoms with Crippen molar-refractivity contribution < 1.29 is 15.0 Å². The molecule has 0 aromatic heterocycles. The van der Waals surface area contributed by atoms with Gasteiger partial charge in [0.25, 0.3) is 0 Å². The Bertz CT molecular complexity index is 647. The zero-order valence-corrected chi connectivity index (χ0v) is 12.1. The molecule has 2 aromatic rings. The van der Waals surface area contributed by atoms with E-state index in [1.54, 1.807) is 12.1 Å². The third-order valence-electron chi connectivity index (χ3n) is 2.82. The molecule has 0 saturated heterocycles. The summed E-state index contributed by atoms with van der Waals surface area (Å²) in [6.07, 6.45) is 0. The number of phenols is 2. The monoisotopic (exact) mass is 304 g/mol. The highest BCUT2D eigenvalue weighted by atomic mass is 32.2. The lowest BCUT2D eigenvalue weighted by Crippen LogP contribution is -2.13. The number of para-hydroxylation sites is 2. The maximum atomic E-state index is 10.9. The van der Waals surface area contributed by atoms with E-state index in [1.165, 1.54) is 17.8 Å². The van der Waals surface area contributed by atoms with Crippen LogP contribution in [0.1, 0.15) is 5.56 Å². The number of carbonyl (C=O) groups is 1. The van der Waals surface area contributed by atoms with E-state index >= 15 is 0 Å². The Kier molecular flexibility index (Phi) is 4.94. The van der Waals surface area contributed by atoms with Crippen LogP contribution in [0.3, 0.4) is 0 Å². The van der Waals surface area contributed by atoms with E-state index in [2.05, 4.69) is 5.32 Å². The third kappa shape index (κ3) is 4.06. The number of carbonyl (C=O) groups excluding carboxylic acids is 1. The van der Waals surface area contributed by atoms with Gasteiger partial charge in [-0.1, -0.05) is 24.3 Å². The van der Waals surface area contributed by atoms with Crippen LogP contribution in [0.5, 0.6) is 11.5 Å². The van der Waals surface area contributed by atoms with E-state index in [0.29, 0.717) is 12.1 Å². The van der Waals surface area contributed by atoms with E-state index in [0.717, 1.165) is 10.6 Å². The minimum absolute atomic E-state index is 0.132. The van der Waals surface area contributed by atoms with Crippen molar-refractivity contribution in [2.45, 2.75) is 11.4 Å². The second-order valence-electron chi connectivity index (χ2n) is 4.39. The fourth-order valence-electron chi connectivity index (χ4n) is 1.80. The summed E-state index contributed by atoms with van der Waals surface area (Å²) >= 11 is 1.35. The van der Waals surface area contributed by atoms with Crippen LogP contribution in [-0.2, 0) is 11.3 Å². The van der Waals surface area contributed by atoms with Crippen LogP contribution in [0.15, 0.2) is 47.4 Å². The molecule has 110 valence electrons. The van der Waals surface area contributed by atoms with Crippen LogP contribution in [0, 0.1) is 0 Å². The molecule has 21 heavy (non-hydrogen) atoms. The number of thioether (sulfide) groups is 1. The predicted molar refractivity (Wildman–Crippen MR) is 83.5 cm³/mol. The smallest absolute Gasteiger partial charge is 0.227 e. The zero-order chi connectivity index (χ0) is 15.2. The molecule has 0 aliphatic carbocycles. The molecule has 0 heterocycles. The van der Waals surface area contributed by atoms with Crippen molar-refractivity contribution in [2.75, 3.05) is 11.1 Å².